The van der Waals surface area contributed by atoms with Crippen LogP contribution < -0.4 is 0 Å². The predicted octanol–water partition coefficient (Wildman–Crippen LogP) is 3.70. The molecule has 1 spiro atoms. The molecule has 0 aliphatic carbocycles. The topological polar surface area (TPSA) is 49.9 Å². The monoisotopic (exact) mass is 410 g/mol. The Morgan fingerprint density at radius 3 is 2.40 bits per heavy atom. The van der Waals surface area contributed by atoms with Crippen LogP contribution in [0, 0.1) is 5.82 Å². The number of hydrogen-bond donors (Lipinski definition) is 0. The van der Waals surface area contributed by atoms with Crippen LogP contribution in [0.5, 0.6) is 0 Å². The molecule has 0 N–H and O–H groups in total. The fourth-order valence-electron chi connectivity index (χ4n) is 4.76. The van der Waals surface area contributed by atoms with Crippen LogP contribution in [0.4, 0.5) is 4.39 Å². The van der Waals surface area contributed by atoms with E-state index < -0.39 is 6.10 Å². The van der Waals surface area contributed by atoms with Crippen molar-refractivity contribution in [3.05, 3.63) is 71.5 Å². The van der Waals surface area contributed by atoms with Crippen molar-refractivity contribution in [2.45, 2.75) is 43.9 Å². The van der Waals surface area contributed by atoms with Crippen molar-refractivity contribution in [3.63, 3.8) is 0 Å². The van der Waals surface area contributed by atoms with Crippen molar-refractivity contribution in [2.24, 2.45) is 0 Å². The molecule has 2 aliphatic heterocycles. The summed E-state index contributed by atoms with van der Waals surface area (Å²) in [7, 11) is 1.55. The zero-order valence-electron chi connectivity index (χ0n) is 17.2. The molecule has 2 aromatic rings. The summed E-state index contributed by atoms with van der Waals surface area (Å²) >= 11 is 0. The maximum Gasteiger partial charge on any atom is 0.256 e. The van der Waals surface area contributed by atoms with Crippen LogP contribution in [-0.2, 0) is 20.9 Å². The van der Waals surface area contributed by atoms with Gasteiger partial charge in [0.25, 0.3) is 5.91 Å². The highest BCUT2D eigenvalue weighted by Gasteiger charge is 2.47. The van der Waals surface area contributed by atoms with Crippen LogP contribution in [0.1, 0.15) is 42.9 Å². The van der Waals surface area contributed by atoms with E-state index in [0.29, 0.717) is 37.9 Å². The van der Waals surface area contributed by atoms with E-state index >= 15 is 0 Å². The average Bonchev–Trinajstić information content (AvgIpc) is 3.06. The van der Waals surface area contributed by atoms with E-state index in [-0.39, 0.29) is 29.7 Å². The lowest BCUT2D eigenvalue weighted by Gasteiger charge is -2.45. The smallest absolute Gasteiger partial charge is 0.256 e. The van der Waals surface area contributed by atoms with Crippen LogP contribution in [0.25, 0.3) is 0 Å². The molecular weight excluding hydrogens is 383 g/mol. The molecule has 0 aromatic heterocycles. The Labute approximate surface area is 176 Å². The molecule has 30 heavy (non-hydrogen) atoms. The fraction of sp³-hybridized carbons (Fsp3) is 0.417. The van der Waals surface area contributed by atoms with Crippen LogP contribution in [-0.4, -0.2) is 47.4 Å². The van der Waals surface area contributed by atoms with Crippen molar-refractivity contribution >= 4 is 11.8 Å². The van der Waals surface area contributed by atoms with E-state index in [0.717, 1.165) is 12.0 Å². The standard InChI is InChI=1S/C24H27FN2O3/c1-30-22(18-7-3-2-4-8-18)23(29)26-15-13-24(14-16-26)12-11-21(28)27(24)17-19-9-5-6-10-20(19)25/h2-10,22H,11-17H2,1H3. The van der Waals surface area contributed by atoms with E-state index in [1.54, 1.807) is 25.3 Å². The van der Waals surface area contributed by atoms with Gasteiger partial charge in [-0.2, -0.15) is 0 Å². The third kappa shape index (κ3) is 3.84. The SMILES string of the molecule is COC(C(=O)N1CCC2(CCC(=O)N2Cc2ccccc2F)CC1)c1ccccc1. The van der Waals surface area contributed by atoms with Crippen LogP contribution in [0.2, 0.25) is 0 Å². The van der Waals surface area contributed by atoms with Gasteiger partial charge in [0, 0.05) is 44.3 Å². The molecule has 2 aromatic carbocycles. The van der Waals surface area contributed by atoms with Crippen LogP contribution in [0.3, 0.4) is 0 Å². The molecule has 158 valence electrons. The summed E-state index contributed by atoms with van der Waals surface area (Å²) in [5.74, 6) is -0.272. The lowest BCUT2D eigenvalue weighted by atomic mass is 9.84. The van der Waals surface area contributed by atoms with E-state index in [9.17, 15) is 14.0 Å². The molecule has 0 bridgehead atoms. The minimum Gasteiger partial charge on any atom is -0.367 e. The van der Waals surface area contributed by atoms with Gasteiger partial charge >= 0.3 is 0 Å². The van der Waals surface area contributed by atoms with Crippen LogP contribution in [0.15, 0.2) is 54.6 Å². The van der Waals surface area contributed by atoms with Crippen molar-refractivity contribution in [1.29, 1.82) is 0 Å². The molecule has 2 saturated heterocycles. The van der Waals surface area contributed by atoms with Gasteiger partial charge in [0.05, 0.1) is 0 Å². The van der Waals surface area contributed by atoms with Gasteiger partial charge in [0.1, 0.15) is 5.82 Å². The number of likely N-dealkylation sites (tertiary alicyclic amines) is 2. The Morgan fingerprint density at radius 1 is 1.07 bits per heavy atom. The van der Waals surface area contributed by atoms with Crippen molar-refractivity contribution in [3.8, 4) is 0 Å². The summed E-state index contributed by atoms with van der Waals surface area (Å²) in [6.45, 7) is 1.41. The summed E-state index contributed by atoms with van der Waals surface area (Å²) in [6, 6.07) is 16.1. The normalized spacial score (nSPS) is 19.3. The zero-order valence-corrected chi connectivity index (χ0v) is 17.2. The number of halogens is 1. The van der Waals surface area contributed by atoms with Gasteiger partial charge in [-0.3, -0.25) is 9.59 Å². The first-order valence-electron chi connectivity index (χ1n) is 10.4. The van der Waals surface area contributed by atoms with Crippen molar-refractivity contribution in [1.82, 2.24) is 9.80 Å². The average molecular weight is 410 g/mol. The second kappa shape index (κ2) is 8.56. The number of carbonyl (C=O) groups excluding carboxylic acids is 2. The first kappa shape index (κ1) is 20.5. The molecule has 0 radical (unpaired) electrons. The predicted molar refractivity (Wildman–Crippen MR) is 111 cm³/mol. The molecule has 4 rings (SSSR count). The molecule has 1 atom stereocenters. The maximum absolute atomic E-state index is 14.2. The van der Waals surface area contributed by atoms with Gasteiger partial charge in [-0.25, -0.2) is 4.39 Å². The Balaban J connectivity index is 1.46. The highest BCUT2D eigenvalue weighted by Crippen LogP contribution is 2.40. The second-order valence-corrected chi connectivity index (χ2v) is 8.15. The summed E-state index contributed by atoms with van der Waals surface area (Å²) in [6.07, 6.45) is 2.01. The first-order chi connectivity index (χ1) is 14.5. The number of rotatable bonds is 5. The zero-order chi connectivity index (χ0) is 21.1. The quantitative estimate of drug-likeness (QED) is 0.755. The number of benzene rings is 2. The van der Waals surface area contributed by atoms with E-state index in [2.05, 4.69) is 0 Å². The van der Waals surface area contributed by atoms with Crippen molar-refractivity contribution in [2.75, 3.05) is 20.2 Å². The Kier molecular flexibility index (Phi) is 5.86. The Morgan fingerprint density at radius 2 is 1.73 bits per heavy atom. The van der Waals surface area contributed by atoms with Gasteiger partial charge in [-0.15, -0.1) is 0 Å². The molecule has 1 unspecified atom stereocenters. The summed E-state index contributed by atoms with van der Waals surface area (Å²) in [5, 5.41) is 0. The molecule has 5 nitrogen and oxygen atoms in total. The highest BCUT2D eigenvalue weighted by molar-refractivity contribution is 5.83. The minimum atomic E-state index is -0.625. The first-order valence-corrected chi connectivity index (χ1v) is 10.4. The molecule has 0 saturated carbocycles. The number of nitrogens with zero attached hydrogens (tertiary/aromatic N) is 2. The second-order valence-electron chi connectivity index (χ2n) is 8.15. The third-order valence-electron chi connectivity index (χ3n) is 6.53. The molecule has 6 heteroatoms. The lowest BCUT2D eigenvalue weighted by Crippen LogP contribution is -2.54. The van der Waals surface area contributed by atoms with Gasteiger partial charge in [0.2, 0.25) is 5.91 Å². The number of ether oxygens (including phenoxy) is 1. The van der Waals surface area contributed by atoms with E-state index in [4.69, 9.17) is 4.74 Å². The van der Waals surface area contributed by atoms with Gasteiger partial charge in [-0.1, -0.05) is 48.5 Å². The molecule has 2 aliphatic rings. The lowest BCUT2D eigenvalue weighted by molar-refractivity contribution is -0.146. The third-order valence-corrected chi connectivity index (χ3v) is 6.53. The van der Waals surface area contributed by atoms with Crippen LogP contribution >= 0.6 is 0 Å². The number of piperidine rings is 1. The Bertz CT molecular complexity index is 910. The van der Waals surface area contributed by atoms with Crippen molar-refractivity contribution < 1.29 is 18.7 Å². The summed E-state index contributed by atoms with van der Waals surface area (Å²) in [5.41, 5.74) is 1.07. The van der Waals surface area contributed by atoms with Gasteiger partial charge in [-0.05, 0) is 30.9 Å². The maximum atomic E-state index is 14.2. The molecular formula is C24H27FN2O3. The Hall–Kier alpha value is -2.73. The minimum absolute atomic E-state index is 0.0523. The van der Waals surface area contributed by atoms with Gasteiger partial charge < -0.3 is 14.5 Å². The number of carbonyl (C=O) groups is 2. The number of methoxy groups -OCH3 is 1. The highest BCUT2D eigenvalue weighted by atomic mass is 19.1. The van der Waals surface area contributed by atoms with E-state index in [1.165, 1.54) is 6.07 Å². The molecule has 2 amide bonds. The molecule has 2 fully saturated rings. The summed E-state index contributed by atoms with van der Waals surface area (Å²) in [4.78, 5) is 29.4. The molecule has 2 heterocycles. The van der Waals surface area contributed by atoms with E-state index in [1.807, 2.05) is 40.1 Å². The largest absolute Gasteiger partial charge is 0.367 e. The fourth-order valence-corrected chi connectivity index (χ4v) is 4.76. The summed E-state index contributed by atoms with van der Waals surface area (Å²) < 4.78 is 19.7. The van der Waals surface area contributed by atoms with Gasteiger partial charge in [0.15, 0.2) is 6.10 Å². The number of amides is 2. The number of hydrogen-bond acceptors (Lipinski definition) is 3.